The van der Waals surface area contributed by atoms with Gasteiger partial charge in [-0.15, -0.1) is 0 Å². The Bertz CT molecular complexity index is 1350. The number of para-hydroxylation sites is 2. The molecule has 10 heteroatoms. The van der Waals surface area contributed by atoms with E-state index in [0.29, 0.717) is 29.5 Å². The van der Waals surface area contributed by atoms with Crippen molar-refractivity contribution in [2.75, 3.05) is 24.0 Å². The molecule has 2 amide bonds. The molecule has 0 aromatic heterocycles. The number of halogens is 1. The number of hydrogen-bond donors (Lipinski definition) is 1. The average molecular weight is 558 g/mol. The van der Waals surface area contributed by atoms with Gasteiger partial charge in [-0.25, -0.2) is 8.42 Å². The normalized spacial score (nSPS) is 11.9. The van der Waals surface area contributed by atoms with Gasteiger partial charge in [-0.05, 0) is 56.7 Å². The first-order chi connectivity index (χ1) is 18.2. The van der Waals surface area contributed by atoms with Crippen LogP contribution in [0.15, 0.2) is 83.8 Å². The molecule has 3 aromatic rings. The van der Waals surface area contributed by atoms with Gasteiger partial charge < -0.3 is 15.0 Å². The van der Waals surface area contributed by atoms with Gasteiger partial charge in [0.05, 0.1) is 17.2 Å². The molecule has 0 aliphatic rings. The van der Waals surface area contributed by atoms with Crippen molar-refractivity contribution in [2.24, 2.45) is 0 Å². The molecule has 0 unspecified atom stereocenters. The maximum absolute atomic E-state index is 13.9. The molecule has 3 aromatic carbocycles. The zero-order chi connectivity index (χ0) is 27.7. The number of ether oxygens (including phenoxy) is 1. The summed E-state index contributed by atoms with van der Waals surface area (Å²) in [6.07, 6.45) is 0. The van der Waals surface area contributed by atoms with Crippen molar-refractivity contribution in [1.29, 1.82) is 0 Å². The van der Waals surface area contributed by atoms with Gasteiger partial charge in [-0.3, -0.25) is 13.9 Å². The first kappa shape index (κ1) is 29.0. The van der Waals surface area contributed by atoms with E-state index in [1.165, 1.54) is 17.0 Å². The van der Waals surface area contributed by atoms with Gasteiger partial charge in [0.2, 0.25) is 11.8 Å². The van der Waals surface area contributed by atoms with Gasteiger partial charge in [0.25, 0.3) is 10.0 Å². The number of benzene rings is 3. The van der Waals surface area contributed by atoms with E-state index in [-0.39, 0.29) is 23.0 Å². The molecule has 0 aliphatic carbocycles. The van der Waals surface area contributed by atoms with Gasteiger partial charge in [0.1, 0.15) is 18.3 Å². The van der Waals surface area contributed by atoms with Gasteiger partial charge in [-0.1, -0.05) is 60.1 Å². The number of nitrogens with zero attached hydrogens (tertiary/aromatic N) is 2. The number of amides is 2. The van der Waals surface area contributed by atoms with E-state index in [4.69, 9.17) is 16.3 Å². The van der Waals surface area contributed by atoms with E-state index in [2.05, 4.69) is 5.32 Å². The third kappa shape index (κ3) is 6.85. The smallest absolute Gasteiger partial charge is 0.264 e. The standard InChI is InChI=1S/C28H32ClN3O5S/c1-4-30-28(34)21(3)31(19-22-13-9-10-16-24(22)29)27(33)20-32(25-17-11-12-18-26(25)37-5-2)38(35,36)23-14-7-6-8-15-23/h6-18,21H,4-5,19-20H2,1-3H3,(H,30,34)/t21-/m1/s1. The fourth-order valence-electron chi connectivity index (χ4n) is 3.89. The van der Waals surface area contributed by atoms with E-state index >= 15 is 0 Å². The first-order valence-corrected chi connectivity index (χ1v) is 14.1. The Morgan fingerprint density at radius 1 is 0.947 bits per heavy atom. The number of hydrogen-bond acceptors (Lipinski definition) is 5. The number of anilines is 1. The third-order valence-electron chi connectivity index (χ3n) is 5.86. The van der Waals surface area contributed by atoms with Crippen LogP contribution >= 0.6 is 11.6 Å². The Morgan fingerprint density at radius 2 is 1.58 bits per heavy atom. The number of carbonyl (C=O) groups is 2. The Kier molecular flexibility index (Phi) is 10.2. The molecule has 1 N–H and O–H groups in total. The van der Waals surface area contributed by atoms with Crippen molar-refractivity contribution < 1.29 is 22.7 Å². The molecular formula is C28H32ClN3O5S. The van der Waals surface area contributed by atoms with Crippen LogP contribution in [0, 0.1) is 0 Å². The number of rotatable bonds is 12. The lowest BCUT2D eigenvalue weighted by molar-refractivity contribution is -0.139. The third-order valence-corrected chi connectivity index (χ3v) is 8.00. The van der Waals surface area contributed by atoms with E-state index < -0.39 is 28.5 Å². The fraction of sp³-hybridized carbons (Fsp3) is 0.286. The molecule has 1 atom stereocenters. The highest BCUT2D eigenvalue weighted by molar-refractivity contribution is 7.92. The van der Waals surface area contributed by atoms with Crippen LogP contribution in [0.2, 0.25) is 5.02 Å². The molecule has 0 radical (unpaired) electrons. The summed E-state index contributed by atoms with van der Waals surface area (Å²) < 4.78 is 34.5. The molecule has 0 bridgehead atoms. The summed E-state index contributed by atoms with van der Waals surface area (Å²) in [6.45, 7) is 5.31. The Hall–Kier alpha value is -3.56. The van der Waals surface area contributed by atoms with Crippen LogP contribution in [0.25, 0.3) is 0 Å². The SMILES string of the molecule is CCNC(=O)[C@@H](C)N(Cc1ccccc1Cl)C(=O)CN(c1ccccc1OCC)S(=O)(=O)c1ccccc1. The minimum Gasteiger partial charge on any atom is -0.492 e. The number of nitrogens with one attached hydrogen (secondary N) is 1. The molecule has 0 saturated heterocycles. The van der Waals surface area contributed by atoms with E-state index in [0.717, 1.165) is 4.31 Å². The van der Waals surface area contributed by atoms with Crippen LogP contribution in [0.5, 0.6) is 5.75 Å². The van der Waals surface area contributed by atoms with Crippen molar-refractivity contribution in [3.63, 3.8) is 0 Å². The van der Waals surface area contributed by atoms with Crippen LogP contribution < -0.4 is 14.4 Å². The van der Waals surface area contributed by atoms with Crippen LogP contribution in [0.3, 0.4) is 0 Å². The zero-order valence-electron chi connectivity index (χ0n) is 21.6. The van der Waals surface area contributed by atoms with Crippen molar-refractivity contribution >= 4 is 39.1 Å². The first-order valence-electron chi connectivity index (χ1n) is 12.3. The van der Waals surface area contributed by atoms with E-state index in [1.54, 1.807) is 87.5 Å². The summed E-state index contributed by atoms with van der Waals surface area (Å²) in [5.41, 5.74) is 0.848. The summed E-state index contributed by atoms with van der Waals surface area (Å²) in [5.74, 6) is -0.619. The number of sulfonamides is 1. The van der Waals surface area contributed by atoms with Gasteiger partial charge in [0.15, 0.2) is 0 Å². The second kappa shape index (κ2) is 13.3. The molecule has 0 spiro atoms. The molecule has 0 saturated carbocycles. The summed E-state index contributed by atoms with van der Waals surface area (Å²) in [4.78, 5) is 28.0. The summed E-state index contributed by atoms with van der Waals surface area (Å²) in [5, 5.41) is 3.16. The summed E-state index contributed by atoms with van der Waals surface area (Å²) >= 11 is 6.37. The number of likely N-dealkylation sites (N-methyl/N-ethyl adjacent to an activating group) is 1. The second-order valence-corrected chi connectivity index (χ2v) is 10.7. The van der Waals surface area contributed by atoms with Gasteiger partial charge in [-0.2, -0.15) is 0 Å². The largest absolute Gasteiger partial charge is 0.492 e. The van der Waals surface area contributed by atoms with E-state index in [1.807, 2.05) is 0 Å². The predicted molar refractivity (Wildman–Crippen MR) is 149 cm³/mol. The molecule has 202 valence electrons. The molecule has 0 aliphatic heterocycles. The van der Waals surface area contributed by atoms with Crippen molar-refractivity contribution in [3.05, 3.63) is 89.4 Å². The molecule has 8 nitrogen and oxygen atoms in total. The molecule has 3 rings (SSSR count). The minimum absolute atomic E-state index is 0.0170. The quantitative estimate of drug-likeness (QED) is 0.354. The van der Waals surface area contributed by atoms with E-state index in [9.17, 15) is 18.0 Å². The van der Waals surface area contributed by atoms with Crippen LogP contribution in [0.1, 0.15) is 26.3 Å². The van der Waals surface area contributed by atoms with Crippen molar-refractivity contribution in [2.45, 2.75) is 38.3 Å². The molecule has 0 heterocycles. The van der Waals surface area contributed by atoms with Gasteiger partial charge >= 0.3 is 0 Å². The molecular weight excluding hydrogens is 526 g/mol. The highest BCUT2D eigenvalue weighted by Gasteiger charge is 2.33. The summed E-state index contributed by atoms with van der Waals surface area (Å²) in [6, 6.07) is 20.6. The second-order valence-electron chi connectivity index (χ2n) is 8.41. The minimum atomic E-state index is -4.18. The summed E-state index contributed by atoms with van der Waals surface area (Å²) in [7, 11) is -4.18. The maximum Gasteiger partial charge on any atom is 0.264 e. The molecule has 38 heavy (non-hydrogen) atoms. The fourth-order valence-corrected chi connectivity index (χ4v) is 5.53. The zero-order valence-corrected chi connectivity index (χ0v) is 23.2. The lowest BCUT2D eigenvalue weighted by atomic mass is 10.1. The monoisotopic (exact) mass is 557 g/mol. The number of carbonyl (C=O) groups excluding carboxylic acids is 2. The highest BCUT2D eigenvalue weighted by atomic mass is 35.5. The predicted octanol–water partition coefficient (Wildman–Crippen LogP) is 4.49. The Labute approximate surface area is 229 Å². The van der Waals surface area contributed by atoms with Crippen LogP contribution in [-0.4, -0.2) is 50.9 Å². The van der Waals surface area contributed by atoms with Crippen molar-refractivity contribution in [3.8, 4) is 5.75 Å². The maximum atomic E-state index is 13.9. The molecule has 0 fully saturated rings. The Morgan fingerprint density at radius 3 is 2.24 bits per heavy atom. The lowest BCUT2D eigenvalue weighted by Crippen LogP contribution is -2.51. The topological polar surface area (TPSA) is 96.0 Å². The van der Waals surface area contributed by atoms with Crippen molar-refractivity contribution in [1.82, 2.24) is 10.2 Å². The van der Waals surface area contributed by atoms with Crippen LogP contribution in [-0.2, 0) is 26.2 Å². The Balaban J connectivity index is 2.08. The van der Waals surface area contributed by atoms with Crippen LogP contribution in [0.4, 0.5) is 5.69 Å². The van der Waals surface area contributed by atoms with Gasteiger partial charge in [0, 0.05) is 18.1 Å². The lowest BCUT2D eigenvalue weighted by Gasteiger charge is -2.32. The highest BCUT2D eigenvalue weighted by Crippen LogP contribution is 2.33. The average Bonchev–Trinajstić information content (AvgIpc) is 2.92.